The SMILES string of the molecule is CCNC(=O)N(c1cnc(-c2cnc(OC)nc2)cn1)C1(Nc2ncc(C#N)c(-c3ccn(Cl)n3)n2)CCCCC1. The van der Waals surface area contributed by atoms with Crippen molar-refractivity contribution in [3.8, 4) is 34.7 Å². The number of hydrogen-bond acceptors (Lipinski definition) is 11. The van der Waals surface area contributed by atoms with E-state index in [-0.39, 0.29) is 23.6 Å². The minimum Gasteiger partial charge on any atom is -0.467 e. The van der Waals surface area contributed by atoms with Gasteiger partial charge in [0.15, 0.2) is 5.82 Å². The van der Waals surface area contributed by atoms with Crippen molar-refractivity contribution in [1.29, 1.82) is 5.26 Å². The first-order chi connectivity index (χ1) is 20.0. The molecule has 0 saturated heterocycles. The highest BCUT2D eigenvalue weighted by Crippen LogP contribution is 2.37. The van der Waals surface area contributed by atoms with Crippen molar-refractivity contribution >= 4 is 29.6 Å². The van der Waals surface area contributed by atoms with Crippen LogP contribution in [-0.2, 0) is 0 Å². The molecule has 4 aromatic rings. The Balaban J connectivity index is 1.53. The van der Waals surface area contributed by atoms with Gasteiger partial charge in [-0.05, 0) is 38.7 Å². The summed E-state index contributed by atoms with van der Waals surface area (Å²) in [7, 11) is 1.49. The molecule has 0 aliphatic heterocycles. The van der Waals surface area contributed by atoms with Gasteiger partial charge in [0.1, 0.15) is 23.1 Å². The molecule has 0 bridgehead atoms. The normalized spacial score (nSPS) is 14.1. The number of carbonyl (C=O) groups is 1. The number of methoxy groups -OCH3 is 1. The van der Waals surface area contributed by atoms with E-state index < -0.39 is 5.66 Å². The lowest BCUT2D eigenvalue weighted by Crippen LogP contribution is -2.61. The molecule has 1 saturated carbocycles. The molecule has 210 valence electrons. The van der Waals surface area contributed by atoms with Crippen LogP contribution < -0.4 is 20.3 Å². The van der Waals surface area contributed by atoms with Crippen LogP contribution in [0.5, 0.6) is 6.01 Å². The third-order valence-electron chi connectivity index (χ3n) is 6.67. The predicted octanol–water partition coefficient (Wildman–Crippen LogP) is 3.78. The summed E-state index contributed by atoms with van der Waals surface area (Å²) < 4.78 is 6.14. The van der Waals surface area contributed by atoms with Crippen LogP contribution >= 0.6 is 11.8 Å². The molecule has 0 atom stereocenters. The Bertz CT molecular complexity index is 1550. The fourth-order valence-electron chi connectivity index (χ4n) is 4.78. The summed E-state index contributed by atoms with van der Waals surface area (Å²) in [5, 5.41) is 20.1. The Morgan fingerprint density at radius 3 is 2.49 bits per heavy atom. The molecule has 5 rings (SSSR count). The summed E-state index contributed by atoms with van der Waals surface area (Å²) >= 11 is 5.95. The van der Waals surface area contributed by atoms with E-state index in [1.807, 2.05) is 6.92 Å². The number of nitrogens with one attached hydrogen (secondary N) is 2. The van der Waals surface area contributed by atoms with Crippen LogP contribution in [0.1, 0.15) is 44.6 Å². The van der Waals surface area contributed by atoms with Gasteiger partial charge in [-0.2, -0.15) is 14.6 Å². The van der Waals surface area contributed by atoms with E-state index in [2.05, 4.69) is 51.7 Å². The number of rotatable bonds is 8. The van der Waals surface area contributed by atoms with Crippen LogP contribution in [0.25, 0.3) is 22.6 Å². The zero-order chi connectivity index (χ0) is 28.8. The maximum atomic E-state index is 13.6. The van der Waals surface area contributed by atoms with E-state index in [1.165, 1.54) is 13.3 Å². The number of anilines is 2. The van der Waals surface area contributed by atoms with Gasteiger partial charge >= 0.3 is 12.0 Å². The molecular formula is C26H27ClN12O2. The van der Waals surface area contributed by atoms with E-state index in [0.29, 0.717) is 47.8 Å². The second-order valence-electron chi connectivity index (χ2n) is 9.26. The summed E-state index contributed by atoms with van der Waals surface area (Å²) in [5.74, 6) is 0.581. The lowest BCUT2D eigenvalue weighted by molar-refractivity contribution is 0.230. The van der Waals surface area contributed by atoms with Crippen LogP contribution in [-0.4, -0.2) is 64.6 Å². The number of urea groups is 1. The summed E-state index contributed by atoms with van der Waals surface area (Å²) in [6.45, 7) is 2.26. The largest absolute Gasteiger partial charge is 0.467 e. The Kier molecular flexibility index (Phi) is 8.16. The molecule has 15 heteroatoms. The second-order valence-corrected chi connectivity index (χ2v) is 9.61. The van der Waals surface area contributed by atoms with Crippen molar-refractivity contribution in [3.63, 3.8) is 0 Å². The van der Waals surface area contributed by atoms with Crippen LogP contribution in [0, 0.1) is 11.3 Å². The van der Waals surface area contributed by atoms with Crippen molar-refractivity contribution < 1.29 is 9.53 Å². The first-order valence-electron chi connectivity index (χ1n) is 13.0. The number of amides is 2. The third kappa shape index (κ3) is 5.85. The maximum absolute atomic E-state index is 13.6. The summed E-state index contributed by atoms with van der Waals surface area (Å²) in [4.78, 5) is 41.7. The predicted molar refractivity (Wildman–Crippen MR) is 150 cm³/mol. The van der Waals surface area contributed by atoms with E-state index in [0.717, 1.165) is 23.5 Å². The van der Waals surface area contributed by atoms with Gasteiger partial charge < -0.3 is 15.4 Å². The molecular weight excluding hydrogens is 548 g/mol. The average Bonchev–Trinajstić information content (AvgIpc) is 3.44. The minimum atomic E-state index is -0.922. The van der Waals surface area contributed by atoms with Gasteiger partial charge in [-0.25, -0.2) is 29.7 Å². The molecule has 2 N–H and O–H groups in total. The quantitative estimate of drug-likeness (QED) is 0.293. The lowest BCUT2D eigenvalue weighted by atomic mass is 9.87. The van der Waals surface area contributed by atoms with Crippen molar-refractivity contribution in [2.75, 3.05) is 23.9 Å². The van der Waals surface area contributed by atoms with Gasteiger partial charge in [0.2, 0.25) is 5.95 Å². The van der Waals surface area contributed by atoms with Gasteiger partial charge in [-0.15, -0.1) is 0 Å². The Hall–Kier alpha value is -4.90. The smallest absolute Gasteiger partial charge is 0.325 e. The lowest BCUT2D eigenvalue weighted by Gasteiger charge is -2.45. The van der Waals surface area contributed by atoms with Gasteiger partial charge in [-0.3, -0.25) is 9.88 Å². The highest BCUT2D eigenvalue weighted by atomic mass is 35.5. The standard InChI is InChI=1S/C26H27ClN12O2/c1-3-29-25(40)39(21-16-30-20(15-31-21)18-13-33-24(41-2)34-14-18)26(8-5-4-6-9-26)36-23-32-12-17(11-28)22(35-23)19-7-10-38(27)37-19/h7,10,12-16H,3-6,8-9H2,1-2H3,(H,29,40)(H,32,35,36). The van der Waals surface area contributed by atoms with Gasteiger partial charge in [0, 0.05) is 42.5 Å². The number of carbonyl (C=O) groups excluding carboxylic acids is 1. The van der Waals surface area contributed by atoms with Crippen LogP contribution in [0.2, 0.25) is 0 Å². The zero-order valence-corrected chi connectivity index (χ0v) is 23.2. The van der Waals surface area contributed by atoms with Gasteiger partial charge in [0.25, 0.3) is 0 Å². The molecule has 1 aliphatic rings. The molecule has 4 heterocycles. The molecule has 0 unspecified atom stereocenters. The Labute approximate surface area is 240 Å². The fraction of sp³-hybridized carbons (Fsp3) is 0.346. The topological polar surface area (TPSA) is 173 Å². The molecule has 0 radical (unpaired) electrons. The summed E-state index contributed by atoms with van der Waals surface area (Å²) in [5.41, 5.74) is 1.26. The summed E-state index contributed by atoms with van der Waals surface area (Å²) in [6.07, 6.45) is 13.2. The van der Waals surface area contributed by atoms with E-state index >= 15 is 0 Å². The highest BCUT2D eigenvalue weighted by Gasteiger charge is 2.43. The molecule has 1 fully saturated rings. The van der Waals surface area contributed by atoms with Crippen molar-refractivity contribution in [3.05, 3.63) is 48.8 Å². The minimum absolute atomic E-state index is 0.235. The zero-order valence-electron chi connectivity index (χ0n) is 22.5. The molecule has 2 amide bonds. The number of hydrogen-bond donors (Lipinski definition) is 2. The number of nitriles is 1. The maximum Gasteiger partial charge on any atom is 0.325 e. The molecule has 0 spiro atoms. The third-order valence-corrected chi connectivity index (χ3v) is 6.86. The molecule has 4 aromatic heterocycles. The number of ether oxygens (including phenoxy) is 1. The van der Waals surface area contributed by atoms with Crippen LogP contribution in [0.3, 0.4) is 0 Å². The number of halogens is 1. The first kappa shape index (κ1) is 27.7. The van der Waals surface area contributed by atoms with E-state index in [9.17, 15) is 10.1 Å². The highest BCUT2D eigenvalue weighted by molar-refractivity contribution is 6.14. The number of aromatic nitrogens is 8. The average molecular weight is 575 g/mol. The van der Waals surface area contributed by atoms with Gasteiger partial charge in [0.05, 0.1) is 37.0 Å². The molecule has 14 nitrogen and oxygen atoms in total. The van der Waals surface area contributed by atoms with Crippen LogP contribution in [0.15, 0.2) is 43.2 Å². The Morgan fingerprint density at radius 1 is 1.10 bits per heavy atom. The van der Waals surface area contributed by atoms with Gasteiger partial charge in [-0.1, -0.05) is 6.42 Å². The molecule has 1 aliphatic carbocycles. The monoisotopic (exact) mass is 574 g/mol. The summed E-state index contributed by atoms with van der Waals surface area (Å²) in [6, 6.07) is 3.66. The molecule has 41 heavy (non-hydrogen) atoms. The Morgan fingerprint density at radius 2 is 1.88 bits per heavy atom. The van der Waals surface area contributed by atoms with Crippen molar-refractivity contribution in [2.45, 2.75) is 44.7 Å². The van der Waals surface area contributed by atoms with E-state index in [4.69, 9.17) is 16.5 Å². The van der Waals surface area contributed by atoms with Crippen molar-refractivity contribution in [1.82, 2.24) is 44.5 Å². The molecule has 0 aromatic carbocycles. The van der Waals surface area contributed by atoms with Crippen molar-refractivity contribution in [2.24, 2.45) is 0 Å². The van der Waals surface area contributed by atoms with Crippen LogP contribution in [0.4, 0.5) is 16.6 Å². The van der Waals surface area contributed by atoms with E-state index in [1.54, 1.807) is 42.0 Å². The fourth-order valence-corrected chi connectivity index (χ4v) is 4.92. The first-order valence-corrected chi connectivity index (χ1v) is 13.3. The number of nitrogens with zero attached hydrogens (tertiary/aromatic N) is 10. The second kappa shape index (κ2) is 12.1.